The van der Waals surface area contributed by atoms with Gasteiger partial charge in [0.25, 0.3) is 0 Å². The van der Waals surface area contributed by atoms with Crippen LogP contribution in [0.3, 0.4) is 0 Å². The molecule has 1 aromatic rings. The Kier molecular flexibility index (Phi) is 6.84. The molecule has 0 radical (unpaired) electrons. The second-order valence-electron chi connectivity index (χ2n) is 6.21. The molecule has 4 nitrogen and oxygen atoms in total. The van der Waals surface area contributed by atoms with Gasteiger partial charge < -0.3 is 14.5 Å². The van der Waals surface area contributed by atoms with Crippen LogP contribution in [0.25, 0.3) is 0 Å². The maximum absolute atomic E-state index is 12.8. The van der Waals surface area contributed by atoms with Gasteiger partial charge in [0.05, 0.1) is 6.61 Å². The van der Waals surface area contributed by atoms with Crippen molar-refractivity contribution >= 4 is 5.91 Å². The highest BCUT2D eigenvalue weighted by atomic mass is 19.1. The first-order chi connectivity index (χ1) is 11.1. The van der Waals surface area contributed by atoms with E-state index < -0.39 is 0 Å². The number of hydrogen-bond acceptors (Lipinski definition) is 3. The van der Waals surface area contributed by atoms with Gasteiger partial charge in [-0.15, -0.1) is 0 Å². The summed E-state index contributed by atoms with van der Waals surface area (Å²) in [7, 11) is 1.90. The zero-order chi connectivity index (χ0) is 16.7. The third-order valence-electron chi connectivity index (χ3n) is 4.55. The molecule has 2 rings (SSSR count). The van der Waals surface area contributed by atoms with Gasteiger partial charge in [-0.3, -0.25) is 4.79 Å². The van der Waals surface area contributed by atoms with Gasteiger partial charge in [-0.1, -0.05) is 0 Å². The molecule has 1 fully saturated rings. The van der Waals surface area contributed by atoms with E-state index in [1.165, 1.54) is 12.1 Å². The number of carbonyl (C=O) groups is 1. The Hall–Kier alpha value is -1.62. The van der Waals surface area contributed by atoms with Gasteiger partial charge in [-0.05, 0) is 56.5 Å². The number of nitrogens with zero attached hydrogens (tertiary/aromatic N) is 2. The van der Waals surface area contributed by atoms with Crippen LogP contribution < -0.4 is 4.74 Å². The van der Waals surface area contributed by atoms with E-state index in [9.17, 15) is 9.18 Å². The molecule has 0 aliphatic carbocycles. The van der Waals surface area contributed by atoms with E-state index in [-0.39, 0.29) is 11.7 Å². The van der Waals surface area contributed by atoms with Gasteiger partial charge in [0.1, 0.15) is 11.6 Å². The molecule has 1 heterocycles. The van der Waals surface area contributed by atoms with Crippen LogP contribution in [-0.4, -0.2) is 55.0 Å². The molecule has 0 aromatic heterocycles. The standard InChI is InChI=1S/C18H27FN2O2/c1-15(22)20(2)17-9-12-21(13-10-17)11-3-4-14-23-18-7-5-16(19)6-8-18/h5-8,17H,3-4,9-14H2,1-2H3. The summed E-state index contributed by atoms with van der Waals surface area (Å²) in [5, 5.41) is 0. The molecule has 0 N–H and O–H groups in total. The fourth-order valence-corrected chi connectivity index (χ4v) is 2.95. The largest absolute Gasteiger partial charge is 0.494 e. The Morgan fingerprint density at radius 1 is 1.26 bits per heavy atom. The minimum Gasteiger partial charge on any atom is -0.494 e. The van der Waals surface area contributed by atoms with Crippen molar-refractivity contribution in [3.05, 3.63) is 30.1 Å². The third-order valence-corrected chi connectivity index (χ3v) is 4.55. The van der Waals surface area contributed by atoms with Crippen LogP contribution >= 0.6 is 0 Å². The van der Waals surface area contributed by atoms with Crippen molar-refractivity contribution < 1.29 is 13.9 Å². The number of unbranched alkanes of at least 4 members (excludes halogenated alkanes) is 1. The van der Waals surface area contributed by atoms with Crippen molar-refractivity contribution in [2.24, 2.45) is 0 Å². The van der Waals surface area contributed by atoms with Crippen LogP contribution in [0.2, 0.25) is 0 Å². The van der Waals surface area contributed by atoms with Crippen LogP contribution in [0.1, 0.15) is 32.6 Å². The summed E-state index contributed by atoms with van der Waals surface area (Å²) in [4.78, 5) is 15.7. The Balaban J connectivity index is 1.55. The molecule has 23 heavy (non-hydrogen) atoms. The molecule has 1 aromatic carbocycles. The van der Waals surface area contributed by atoms with Gasteiger partial charge in [0.15, 0.2) is 0 Å². The smallest absolute Gasteiger partial charge is 0.219 e. The van der Waals surface area contributed by atoms with Gasteiger partial charge in [-0.25, -0.2) is 4.39 Å². The zero-order valence-corrected chi connectivity index (χ0v) is 14.1. The number of ether oxygens (including phenoxy) is 1. The molecule has 1 amide bonds. The molecule has 0 unspecified atom stereocenters. The summed E-state index contributed by atoms with van der Waals surface area (Å²) in [5.74, 6) is 0.636. The summed E-state index contributed by atoms with van der Waals surface area (Å²) >= 11 is 0. The number of hydrogen-bond donors (Lipinski definition) is 0. The predicted molar refractivity (Wildman–Crippen MR) is 89.0 cm³/mol. The highest BCUT2D eigenvalue weighted by Gasteiger charge is 2.23. The first-order valence-electron chi connectivity index (χ1n) is 8.40. The maximum atomic E-state index is 12.8. The quantitative estimate of drug-likeness (QED) is 0.724. The molecule has 0 spiro atoms. The molecule has 1 aliphatic rings. The number of rotatable bonds is 7. The summed E-state index contributed by atoms with van der Waals surface area (Å²) in [6.07, 6.45) is 4.20. The van der Waals surface area contributed by atoms with Crippen molar-refractivity contribution in [3.63, 3.8) is 0 Å². The van der Waals surface area contributed by atoms with Gasteiger partial charge in [-0.2, -0.15) is 0 Å². The lowest BCUT2D eigenvalue weighted by molar-refractivity contribution is -0.130. The summed E-state index contributed by atoms with van der Waals surface area (Å²) < 4.78 is 18.4. The Labute approximate surface area is 138 Å². The van der Waals surface area contributed by atoms with Gasteiger partial charge in [0, 0.05) is 33.1 Å². The maximum Gasteiger partial charge on any atom is 0.219 e. The number of halogens is 1. The normalized spacial score (nSPS) is 16.3. The van der Waals surface area contributed by atoms with Gasteiger partial charge >= 0.3 is 0 Å². The minimum absolute atomic E-state index is 0.154. The fourth-order valence-electron chi connectivity index (χ4n) is 2.95. The first-order valence-corrected chi connectivity index (χ1v) is 8.40. The topological polar surface area (TPSA) is 32.8 Å². The summed E-state index contributed by atoms with van der Waals surface area (Å²) in [6.45, 7) is 5.48. The molecule has 0 bridgehead atoms. The zero-order valence-electron chi connectivity index (χ0n) is 14.1. The van der Waals surface area contributed by atoms with Crippen LogP contribution in [0.4, 0.5) is 4.39 Å². The lowest BCUT2D eigenvalue weighted by Crippen LogP contribution is -2.45. The molecule has 0 saturated carbocycles. The Bertz CT molecular complexity index is 484. The van der Waals surface area contributed by atoms with Crippen molar-refractivity contribution in [2.75, 3.05) is 33.3 Å². The van der Waals surface area contributed by atoms with Gasteiger partial charge in [0.2, 0.25) is 5.91 Å². The minimum atomic E-state index is -0.240. The average molecular weight is 322 g/mol. The molecule has 128 valence electrons. The van der Waals surface area contributed by atoms with E-state index in [1.54, 1.807) is 19.1 Å². The molecule has 5 heteroatoms. The first kappa shape index (κ1) is 17.7. The fraction of sp³-hybridized carbons (Fsp3) is 0.611. The lowest BCUT2D eigenvalue weighted by atomic mass is 10.0. The molecule has 1 saturated heterocycles. The number of carbonyl (C=O) groups excluding carboxylic acids is 1. The van der Waals surface area contributed by atoms with Crippen molar-refractivity contribution in [1.29, 1.82) is 0 Å². The van der Waals surface area contributed by atoms with E-state index in [1.807, 2.05) is 11.9 Å². The summed E-state index contributed by atoms with van der Waals surface area (Å²) in [6, 6.07) is 6.54. The van der Waals surface area contributed by atoms with Crippen molar-refractivity contribution in [3.8, 4) is 5.75 Å². The van der Waals surface area contributed by atoms with E-state index >= 15 is 0 Å². The lowest BCUT2D eigenvalue weighted by Gasteiger charge is -2.36. The number of piperidine rings is 1. The number of likely N-dealkylation sites (tertiary alicyclic amines) is 1. The van der Waals surface area contributed by atoms with E-state index in [4.69, 9.17) is 4.74 Å². The van der Waals surface area contributed by atoms with Crippen LogP contribution in [0.15, 0.2) is 24.3 Å². The average Bonchev–Trinajstić information content (AvgIpc) is 2.56. The van der Waals surface area contributed by atoms with E-state index in [2.05, 4.69) is 4.90 Å². The highest BCUT2D eigenvalue weighted by Crippen LogP contribution is 2.16. The molecule has 1 aliphatic heterocycles. The Morgan fingerprint density at radius 2 is 1.91 bits per heavy atom. The van der Waals surface area contributed by atoms with Crippen molar-refractivity contribution in [2.45, 2.75) is 38.6 Å². The molecular formula is C18H27FN2O2. The van der Waals surface area contributed by atoms with Crippen LogP contribution in [-0.2, 0) is 4.79 Å². The SMILES string of the molecule is CC(=O)N(C)C1CCN(CCCCOc2ccc(F)cc2)CC1. The monoisotopic (exact) mass is 322 g/mol. The number of amides is 1. The summed E-state index contributed by atoms with van der Waals surface area (Å²) in [5.41, 5.74) is 0. The van der Waals surface area contributed by atoms with E-state index in [0.717, 1.165) is 51.1 Å². The van der Waals surface area contributed by atoms with Crippen LogP contribution in [0.5, 0.6) is 5.75 Å². The van der Waals surface area contributed by atoms with Crippen molar-refractivity contribution in [1.82, 2.24) is 9.80 Å². The third kappa shape index (κ3) is 5.82. The van der Waals surface area contributed by atoms with Crippen LogP contribution in [0, 0.1) is 5.82 Å². The van der Waals surface area contributed by atoms with E-state index in [0.29, 0.717) is 12.6 Å². The predicted octanol–water partition coefficient (Wildman–Crippen LogP) is 2.93. The highest BCUT2D eigenvalue weighted by molar-refractivity contribution is 5.73. The second-order valence-corrected chi connectivity index (χ2v) is 6.21. The Morgan fingerprint density at radius 3 is 2.52 bits per heavy atom. The molecule has 0 atom stereocenters. The number of benzene rings is 1. The molecular weight excluding hydrogens is 295 g/mol. The second kappa shape index (κ2) is 8.87.